The first kappa shape index (κ1) is 15.3. The summed E-state index contributed by atoms with van der Waals surface area (Å²) in [6, 6.07) is 1.18. The second kappa shape index (κ2) is 7.09. The van der Waals surface area contributed by atoms with Crippen molar-refractivity contribution in [3.05, 3.63) is 17.5 Å². The Morgan fingerprint density at radius 1 is 1.43 bits per heavy atom. The number of carbonyl (C=O) groups excluding carboxylic acids is 1. The van der Waals surface area contributed by atoms with Gasteiger partial charge in [-0.1, -0.05) is 0 Å². The van der Waals surface area contributed by atoms with Gasteiger partial charge < -0.3 is 25.5 Å². The van der Waals surface area contributed by atoms with Gasteiger partial charge in [-0.25, -0.2) is 9.59 Å². The van der Waals surface area contributed by atoms with E-state index < -0.39 is 12.0 Å². The Morgan fingerprint density at radius 3 is 2.81 bits per heavy atom. The number of urea groups is 1. The number of amides is 2. The number of aromatic carboxylic acids is 1. The first-order valence-corrected chi connectivity index (χ1v) is 6.84. The molecular weight excluding hydrogens is 276 g/mol. The van der Waals surface area contributed by atoms with Crippen molar-refractivity contribution in [2.75, 3.05) is 44.7 Å². The van der Waals surface area contributed by atoms with Gasteiger partial charge in [0.05, 0.1) is 18.9 Å². The minimum atomic E-state index is -1.10. The fourth-order valence-electron chi connectivity index (χ4n) is 2.18. The number of rotatable bonds is 5. The van der Waals surface area contributed by atoms with Gasteiger partial charge >= 0.3 is 12.0 Å². The molecule has 1 fully saturated rings. The largest absolute Gasteiger partial charge is 0.477 e. The highest BCUT2D eigenvalue weighted by molar-refractivity contribution is 5.99. The number of anilines is 1. The van der Waals surface area contributed by atoms with Gasteiger partial charge in [-0.3, -0.25) is 4.90 Å². The molecule has 0 bridgehead atoms. The number of carboxylic acids is 1. The molecule has 8 heteroatoms. The van der Waals surface area contributed by atoms with Gasteiger partial charge in [-0.05, 0) is 13.0 Å². The number of H-pyrrole nitrogens is 1. The van der Waals surface area contributed by atoms with Gasteiger partial charge in [-0.2, -0.15) is 0 Å². The highest BCUT2D eigenvalue weighted by Gasteiger charge is 2.15. The number of hydrogen-bond acceptors (Lipinski definition) is 4. The molecule has 1 aromatic rings. The number of aromatic nitrogens is 1. The van der Waals surface area contributed by atoms with Crippen molar-refractivity contribution in [3.63, 3.8) is 0 Å². The van der Waals surface area contributed by atoms with Crippen LogP contribution < -0.4 is 10.6 Å². The molecule has 1 aliphatic heterocycles. The molecule has 2 rings (SSSR count). The summed E-state index contributed by atoms with van der Waals surface area (Å²) in [4.78, 5) is 27.7. The number of nitrogens with one attached hydrogen (secondary N) is 3. The van der Waals surface area contributed by atoms with Crippen LogP contribution in [0, 0.1) is 6.92 Å². The molecule has 1 aliphatic rings. The third kappa shape index (κ3) is 4.47. The molecule has 2 heterocycles. The number of carbonyl (C=O) groups is 2. The second-order valence-electron chi connectivity index (χ2n) is 4.88. The van der Waals surface area contributed by atoms with Crippen LogP contribution in [0.1, 0.15) is 16.2 Å². The number of nitrogens with zero attached hydrogens (tertiary/aromatic N) is 1. The summed E-state index contributed by atoms with van der Waals surface area (Å²) in [5.74, 6) is -1.10. The molecule has 8 nitrogen and oxygen atoms in total. The fraction of sp³-hybridized carbons (Fsp3) is 0.538. The van der Waals surface area contributed by atoms with Crippen LogP contribution in [0.4, 0.5) is 10.5 Å². The maximum Gasteiger partial charge on any atom is 0.354 e. The van der Waals surface area contributed by atoms with Crippen LogP contribution in [0.15, 0.2) is 6.07 Å². The van der Waals surface area contributed by atoms with E-state index in [0.717, 1.165) is 32.8 Å². The van der Waals surface area contributed by atoms with Crippen molar-refractivity contribution in [3.8, 4) is 0 Å². The number of aryl methyl sites for hydroxylation is 1. The standard InChI is InChI=1S/C13H20N4O4/c1-9-8-10(11(15-9)12(18)19)16-13(20)14-2-3-17-4-6-21-7-5-17/h8,15H,2-7H2,1H3,(H,18,19)(H2,14,16,20). The lowest BCUT2D eigenvalue weighted by atomic mass is 10.3. The molecule has 0 unspecified atom stereocenters. The Bertz CT molecular complexity index is 508. The van der Waals surface area contributed by atoms with E-state index >= 15 is 0 Å². The number of aromatic amines is 1. The molecule has 116 valence electrons. The minimum Gasteiger partial charge on any atom is -0.477 e. The van der Waals surface area contributed by atoms with Crippen molar-refractivity contribution >= 4 is 17.7 Å². The Hall–Kier alpha value is -2.06. The first-order chi connectivity index (χ1) is 10.1. The Balaban J connectivity index is 1.77. The van der Waals surface area contributed by atoms with E-state index in [1.807, 2.05) is 0 Å². The SMILES string of the molecule is Cc1cc(NC(=O)NCCN2CCOCC2)c(C(=O)O)[nH]1. The third-order valence-corrected chi connectivity index (χ3v) is 3.23. The molecule has 0 aromatic carbocycles. The number of ether oxygens (including phenoxy) is 1. The van der Waals surface area contributed by atoms with Gasteiger partial charge in [0.2, 0.25) is 0 Å². The topological polar surface area (TPSA) is 107 Å². The Morgan fingerprint density at radius 2 is 2.14 bits per heavy atom. The predicted molar refractivity (Wildman–Crippen MR) is 76.8 cm³/mol. The van der Waals surface area contributed by atoms with Crippen LogP contribution in [0.5, 0.6) is 0 Å². The molecule has 0 spiro atoms. The van der Waals surface area contributed by atoms with E-state index in [2.05, 4.69) is 20.5 Å². The quantitative estimate of drug-likeness (QED) is 0.632. The molecule has 4 N–H and O–H groups in total. The van der Waals surface area contributed by atoms with E-state index in [4.69, 9.17) is 9.84 Å². The van der Waals surface area contributed by atoms with Gasteiger partial charge in [0.15, 0.2) is 0 Å². The van der Waals surface area contributed by atoms with Crippen molar-refractivity contribution in [1.82, 2.24) is 15.2 Å². The zero-order chi connectivity index (χ0) is 15.2. The molecular formula is C13H20N4O4. The second-order valence-corrected chi connectivity index (χ2v) is 4.88. The Kier molecular flexibility index (Phi) is 5.18. The summed E-state index contributed by atoms with van der Waals surface area (Å²) >= 11 is 0. The number of carboxylic acid groups (broad SMARTS) is 1. The van der Waals surface area contributed by atoms with E-state index in [0.29, 0.717) is 12.2 Å². The molecule has 2 amide bonds. The van der Waals surface area contributed by atoms with Crippen molar-refractivity contribution in [1.29, 1.82) is 0 Å². The maximum absolute atomic E-state index is 11.8. The van der Waals surface area contributed by atoms with Crippen LogP contribution in [0.25, 0.3) is 0 Å². The highest BCUT2D eigenvalue weighted by Crippen LogP contribution is 2.16. The lowest BCUT2D eigenvalue weighted by Crippen LogP contribution is -2.42. The van der Waals surface area contributed by atoms with Gasteiger partial charge in [-0.15, -0.1) is 0 Å². The average molecular weight is 296 g/mol. The fourth-order valence-corrected chi connectivity index (χ4v) is 2.18. The summed E-state index contributed by atoms with van der Waals surface area (Å²) in [5.41, 5.74) is 0.927. The molecule has 0 radical (unpaired) electrons. The van der Waals surface area contributed by atoms with E-state index in [9.17, 15) is 9.59 Å². The first-order valence-electron chi connectivity index (χ1n) is 6.84. The molecule has 0 aliphatic carbocycles. The number of morpholine rings is 1. The Labute approximate surface area is 122 Å². The molecule has 1 saturated heterocycles. The van der Waals surface area contributed by atoms with Crippen molar-refractivity contribution in [2.24, 2.45) is 0 Å². The van der Waals surface area contributed by atoms with E-state index in [1.54, 1.807) is 13.0 Å². The summed E-state index contributed by atoms with van der Waals surface area (Å²) in [6.45, 7) is 6.14. The third-order valence-electron chi connectivity index (χ3n) is 3.23. The zero-order valence-corrected chi connectivity index (χ0v) is 11.9. The van der Waals surface area contributed by atoms with Crippen LogP contribution in [-0.2, 0) is 4.74 Å². The minimum absolute atomic E-state index is 0.0178. The molecule has 0 saturated carbocycles. The summed E-state index contributed by atoms with van der Waals surface area (Å²) < 4.78 is 5.24. The van der Waals surface area contributed by atoms with Gasteiger partial charge in [0.1, 0.15) is 5.69 Å². The summed E-state index contributed by atoms with van der Waals surface area (Å²) in [5, 5.41) is 14.3. The molecule has 1 aromatic heterocycles. The van der Waals surface area contributed by atoms with Gasteiger partial charge in [0, 0.05) is 31.9 Å². The zero-order valence-electron chi connectivity index (χ0n) is 11.9. The summed E-state index contributed by atoms with van der Waals surface area (Å²) in [6.07, 6.45) is 0. The van der Waals surface area contributed by atoms with Crippen LogP contribution in [0.2, 0.25) is 0 Å². The van der Waals surface area contributed by atoms with Crippen LogP contribution in [-0.4, -0.2) is 66.4 Å². The smallest absolute Gasteiger partial charge is 0.354 e. The van der Waals surface area contributed by atoms with Crippen molar-refractivity contribution in [2.45, 2.75) is 6.92 Å². The highest BCUT2D eigenvalue weighted by atomic mass is 16.5. The summed E-state index contributed by atoms with van der Waals surface area (Å²) in [7, 11) is 0. The lowest BCUT2D eigenvalue weighted by Gasteiger charge is -2.26. The maximum atomic E-state index is 11.8. The average Bonchev–Trinajstić information content (AvgIpc) is 2.81. The lowest BCUT2D eigenvalue weighted by molar-refractivity contribution is 0.0388. The van der Waals surface area contributed by atoms with E-state index in [-0.39, 0.29) is 11.4 Å². The van der Waals surface area contributed by atoms with Crippen molar-refractivity contribution < 1.29 is 19.4 Å². The van der Waals surface area contributed by atoms with Crippen LogP contribution >= 0.6 is 0 Å². The normalized spacial score (nSPS) is 15.7. The predicted octanol–water partition coefficient (Wildman–Crippen LogP) is 0.475. The number of hydrogen-bond donors (Lipinski definition) is 4. The molecule has 0 atom stereocenters. The molecule has 21 heavy (non-hydrogen) atoms. The van der Waals surface area contributed by atoms with Gasteiger partial charge in [0.25, 0.3) is 0 Å². The monoisotopic (exact) mass is 296 g/mol. The van der Waals surface area contributed by atoms with Crippen LogP contribution in [0.3, 0.4) is 0 Å². The van der Waals surface area contributed by atoms with E-state index in [1.165, 1.54) is 0 Å².